The van der Waals surface area contributed by atoms with Crippen molar-refractivity contribution in [1.29, 1.82) is 5.26 Å². The summed E-state index contributed by atoms with van der Waals surface area (Å²) in [4.78, 5) is 0. The Hall–Kier alpha value is -2.07. The van der Waals surface area contributed by atoms with Gasteiger partial charge in [0, 0.05) is 10.9 Å². The minimum absolute atomic E-state index is 0. The average Bonchev–Trinajstić information content (AvgIpc) is 3.37. The molecule has 0 atom stereocenters. The van der Waals surface area contributed by atoms with Gasteiger partial charge in [0.05, 0.1) is 41.8 Å². The Morgan fingerprint density at radius 2 is 2.07 bits per heavy atom. The summed E-state index contributed by atoms with van der Waals surface area (Å²) in [6.07, 6.45) is 0. The van der Waals surface area contributed by atoms with Crippen molar-refractivity contribution < 1.29 is 65.3 Å². The largest absolute Gasteiger partial charge is 1.00 e. The summed E-state index contributed by atoms with van der Waals surface area (Å²) in [5, 5.41) is 37.0. The van der Waals surface area contributed by atoms with Crippen LogP contribution in [-0.4, -0.2) is 30.4 Å². The summed E-state index contributed by atoms with van der Waals surface area (Å²) < 4.78 is 31.0. The number of nitrogens with zero attached hydrogens (tertiary/aromatic N) is 7. The van der Waals surface area contributed by atoms with Crippen molar-refractivity contribution in [2.24, 2.45) is 0 Å². The second kappa shape index (κ2) is 8.97. The Morgan fingerprint density at radius 1 is 1.27 bits per heavy atom. The number of benzene rings is 2. The predicted octanol–water partition coefficient (Wildman–Crippen LogP) is -0.957. The molecule has 0 amide bonds. The van der Waals surface area contributed by atoms with Crippen LogP contribution in [0.5, 0.6) is 0 Å². The molecule has 0 unspecified atom stereocenters. The van der Waals surface area contributed by atoms with Gasteiger partial charge in [-0.15, -0.1) is 0 Å². The molecule has 0 bridgehead atoms. The molecule has 30 heavy (non-hydrogen) atoms. The number of fused-ring (bicyclic) bond motifs is 1. The topological polar surface area (TPSA) is 115 Å². The predicted molar refractivity (Wildman–Crippen MR) is 96.8 cm³/mol. The third-order valence-electron chi connectivity index (χ3n) is 4.77. The first kappa shape index (κ1) is 22.6. The van der Waals surface area contributed by atoms with Crippen molar-refractivity contribution in [3.05, 3.63) is 70.2 Å². The van der Waals surface area contributed by atoms with Crippen molar-refractivity contribution in [2.45, 2.75) is 26.0 Å². The molecule has 4 rings (SSSR count). The van der Waals surface area contributed by atoms with Crippen LogP contribution in [0.25, 0.3) is 10.9 Å². The second-order valence-corrected chi connectivity index (χ2v) is 6.47. The van der Waals surface area contributed by atoms with E-state index >= 15 is 0 Å². The number of alkyl halides is 2. The van der Waals surface area contributed by atoms with Crippen LogP contribution in [0.1, 0.15) is 33.8 Å². The summed E-state index contributed by atoms with van der Waals surface area (Å²) in [5.41, 5.74) is 2.35. The SMILES string of the molecule is Cc1nn(Cc2c(C#N)cccc2CO)c2cc(C(F)(F)c3nnn[n-]3)ccc12.[K+]. The number of hydrogen-bond acceptors (Lipinski definition) is 6. The first-order valence-electron chi connectivity index (χ1n) is 8.62. The van der Waals surface area contributed by atoms with Gasteiger partial charge in [0.2, 0.25) is 0 Å². The van der Waals surface area contributed by atoms with Crippen molar-refractivity contribution in [1.82, 2.24) is 30.4 Å². The van der Waals surface area contributed by atoms with E-state index in [9.17, 15) is 19.1 Å². The molecule has 8 nitrogen and oxygen atoms in total. The fraction of sp³-hybridized carbons (Fsp3) is 0.211. The maximum Gasteiger partial charge on any atom is 1.00 e. The summed E-state index contributed by atoms with van der Waals surface area (Å²) in [5.74, 6) is -4.25. The Bertz CT molecular complexity index is 1230. The van der Waals surface area contributed by atoms with Crippen LogP contribution < -0.4 is 56.5 Å². The van der Waals surface area contributed by atoms with Gasteiger partial charge in [-0.1, -0.05) is 24.3 Å². The van der Waals surface area contributed by atoms with E-state index in [1.807, 2.05) is 0 Å². The van der Waals surface area contributed by atoms with Gasteiger partial charge >= 0.3 is 57.3 Å². The van der Waals surface area contributed by atoms with Gasteiger partial charge in [0.1, 0.15) is 0 Å². The second-order valence-electron chi connectivity index (χ2n) is 6.47. The first-order valence-corrected chi connectivity index (χ1v) is 8.62. The van der Waals surface area contributed by atoms with E-state index in [2.05, 4.69) is 31.8 Å². The van der Waals surface area contributed by atoms with Gasteiger partial charge in [0.15, 0.2) is 0 Å². The van der Waals surface area contributed by atoms with E-state index in [-0.39, 0.29) is 70.1 Å². The molecule has 0 aliphatic heterocycles. The fourth-order valence-corrected chi connectivity index (χ4v) is 3.28. The van der Waals surface area contributed by atoms with Crippen molar-refractivity contribution in [3.63, 3.8) is 0 Å². The number of halogens is 2. The zero-order chi connectivity index (χ0) is 20.6. The third kappa shape index (κ3) is 3.94. The van der Waals surface area contributed by atoms with Crippen LogP contribution in [0.4, 0.5) is 8.78 Å². The summed E-state index contributed by atoms with van der Waals surface area (Å²) in [6, 6.07) is 11.3. The molecule has 0 saturated carbocycles. The molecule has 2 aromatic carbocycles. The van der Waals surface area contributed by atoms with Crippen LogP contribution in [-0.2, 0) is 19.1 Å². The Balaban J connectivity index is 0.00000256. The van der Waals surface area contributed by atoms with Crippen molar-refractivity contribution in [3.8, 4) is 6.07 Å². The van der Waals surface area contributed by atoms with E-state index in [4.69, 9.17) is 0 Å². The molecule has 0 fully saturated rings. The van der Waals surface area contributed by atoms with Gasteiger partial charge in [-0.3, -0.25) is 15.0 Å². The van der Waals surface area contributed by atoms with E-state index in [0.29, 0.717) is 33.3 Å². The third-order valence-corrected chi connectivity index (χ3v) is 4.77. The molecular weight excluding hydrogens is 419 g/mol. The quantitative estimate of drug-likeness (QED) is 0.403. The molecule has 0 radical (unpaired) electrons. The summed E-state index contributed by atoms with van der Waals surface area (Å²) in [6.45, 7) is 1.67. The summed E-state index contributed by atoms with van der Waals surface area (Å²) >= 11 is 0. The number of aryl methyl sites for hydroxylation is 1. The summed E-state index contributed by atoms with van der Waals surface area (Å²) in [7, 11) is 0. The monoisotopic (exact) mass is 433 g/mol. The molecule has 0 saturated heterocycles. The van der Waals surface area contributed by atoms with Crippen LogP contribution in [0.2, 0.25) is 0 Å². The number of nitriles is 1. The van der Waals surface area contributed by atoms with E-state index in [0.717, 1.165) is 0 Å². The Kier molecular flexibility index (Phi) is 6.76. The molecule has 4 aromatic rings. The van der Waals surface area contributed by atoms with Gasteiger partial charge in [0.25, 0.3) is 0 Å². The minimum atomic E-state index is -3.47. The average molecular weight is 433 g/mol. The molecular formula is C19H14F2KN7O. The van der Waals surface area contributed by atoms with E-state index in [1.54, 1.807) is 35.9 Å². The van der Waals surface area contributed by atoms with Crippen LogP contribution in [0.3, 0.4) is 0 Å². The molecule has 2 heterocycles. The van der Waals surface area contributed by atoms with Crippen LogP contribution >= 0.6 is 0 Å². The molecule has 11 heteroatoms. The molecule has 146 valence electrons. The van der Waals surface area contributed by atoms with Gasteiger partial charge < -0.3 is 10.2 Å². The van der Waals surface area contributed by atoms with Crippen molar-refractivity contribution in [2.75, 3.05) is 0 Å². The number of aliphatic hydroxyl groups excluding tert-OH is 1. The number of hydrogen-bond donors (Lipinski definition) is 1. The first-order chi connectivity index (χ1) is 14.0. The standard InChI is InChI=1S/C19H14F2N7O.K/c1-11-15-6-5-14(19(20,21)18-23-26-27-24-18)7-17(15)28(25-11)9-16-12(8-22)3-2-4-13(16)10-29;/h2-7,29H,9-10H2,1H3;/q-1;+1. The number of tetrazole rings is 1. The molecule has 2 aromatic heterocycles. The Labute approximate surface area is 212 Å². The van der Waals surface area contributed by atoms with Gasteiger partial charge in [-0.25, -0.2) is 0 Å². The Morgan fingerprint density at radius 3 is 2.73 bits per heavy atom. The molecule has 0 aliphatic carbocycles. The van der Waals surface area contributed by atoms with Crippen molar-refractivity contribution >= 4 is 10.9 Å². The minimum Gasteiger partial charge on any atom is -0.392 e. The van der Waals surface area contributed by atoms with Gasteiger partial charge in [-0.2, -0.15) is 24.4 Å². The van der Waals surface area contributed by atoms with E-state index < -0.39 is 11.7 Å². The zero-order valence-electron chi connectivity index (χ0n) is 16.2. The van der Waals surface area contributed by atoms with Gasteiger partial charge in [-0.05, 0) is 30.2 Å². The van der Waals surface area contributed by atoms with Crippen LogP contribution in [0, 0.1) is 18.3 Å². The number of aromatic nitrogens is 6. The maximum atomic E-state index is 14.7. The van der Waals surface area contributed by atoms with E-state index in [1.165, 1.54) is 12.1 Å². The number of rotatable bonds is 5. The zero-order valence-corrected chi connectivity index (χ0v) is 19.3. The smallest absolute Gasteiger partial charge is 0.392 e. The fourth-order valence-electron chi connectivity index (χ4n) is 3.28. The van der Waals surface area contributed by atoms with Crippen LogP contribution in [0.15, 0.2) is 36.4 Å². The molecule has 0 aliphatic rings. The molecule has 0 spiro atoms. The maximum absolute atomic E-state index is 14.7. The number of aliphatic hydroxyl groups is 1. The normalized spacial score (nSPS) is 11.3. The molecule has 1 N–H and O–H groups in total.